The molecule has 0 amide bonds. The summed E-state index contributed by atoms with van der Waals surface area (Å²) in [6.07, 6.45) is 6.83. The number of benzene rings is 1. The van der Waals surface area contributed by atoms with Crippen molar-refractivity contribution in [2.24, 2.45) is 11.8 Å². The molecule has 26 heavy (non-hydrogen) atoms. The van der Waals surface area contributed by atoms with Gasteiger partial charge in [0.1, 0.15) is 5.82 Å². The van der Waals surface area contributed by atoms with Crippen molar-refractivity contribution in [3.63, 3.8) is 0 Å². The summed E-state index contributed by atoms with van der Waals surface area (Å²) in [7, 11) is 0. The van der Waals surface area contributed by atoms with Gasteiger partial charge in [-0.2, -0.15) is 0 Å². The number of para-hydroxylation sites is 1. The first-order chi connectivity index (χ1) is 12.8. The van der Waals surface area contributed by atoms with Gasteiger partial charge in [-0.25, -0.2) is 0 Å². The average Bonchev–Trinajstić information content (AvgIpc) is 3.33. The van der Waals surface area contributed by atoms with E-state index in [0.29, 0.717) is 5.92 Å². The lowest BCUT2D eigenvalue weighted by Gasteiger charge is -2.33. The normalized spacial score (nSPS) is 22.1. The molecular weight excluding hydrogens is 344 g/mol. The highest BCUT2D eigenvalue weighted by Gasteiger charge is 2.25. The summed E-state index contributed by atoms with van der Waals surface area (Å²) in [5, 5.41) is 9.91. The minimum absolute atomic E-state index is 0.701. The van der Waals surface area contributed by atoms with Crippen molar-refractivity contribution in [3.05, 3.63) is 36.2 Å². The molecule has 2 saturated heterocycles. The van der Waals surface area contributed by atoms with Crippen LogP contribution < -0.4 is 0 Å². The van der Waals surface area contributed by atoms with Gasteiger partial charge in [0.25, 0.3) is 0 Å². The van der Waals surface area contributed by atoms with Crippen LogP contribution in [0.25, 0.3) is 5.69 Å². The Bertz CT molecular complexity index is 691. The zero-order valence-electron chi connectivity index (χ0n) is 15.5. The number of aromatic nitrogens is 3. The van der Waals surface area contributed by atoms with Crippen LogP contribution in [0.2, 0.25) is 0 Å². The van der Waals surface area contributed by atoms with Gasteiger partial charge in [-0.15, -0.1) is 10.2 Å². The molecule has 1 aromatic carbocycles. The zero-order valence-corrected chi connectivity index (χ0v) is 16.3. The Balaban J connectivity index is 1.38. The van der Waals surface area contributed by atoms with Gasteiger partial charge < -0.3 is 9.64 Å². The van der Waals surface area contributed by atoms with Crippen LogP contribution in [0.1, 0.15) is 25.1 Å². The van der Waals surface area contributed by atoms with Gasteiger partial charge in [0.2, 0.25) is 0 Å². The molecule has 4 rings (SSSR count). The third-order valence-electron chi connectivity index (χ3n) is 5.62. The highest BCUT2D eigenvalue weighted by atomic mass is 32.2. The molecule has 5 nitrogen and oxygen atoms in total. The molecule has 140 valence electrons. The molecule has 0 radical (unpaired) electrons. The molecule has 0 unspecified atom stereocenters. The molecule has 1 atom stereocenters. The quantitative estimate of drug-likeness (QED) is 0.728. The summed E-state index contributed by atoms with van der Waals surface area (Å²) >= 11 is 1.66. The van der Waals surface area contributed by atoms with E-state index in [1.165, 1.54) is 38.9 Å². The lowest BCUT2D eigenvalue weighted by atomic mass is 9.92. The Hall–Kier alpha value is -1.37. The van der Waals surface area contributed by atoms with Crippen molar-refractivity contribution < 1.29 is 4.74 Å². The van der Waals surface area contributed by atoms with Crippen LogP contribution in [0, 0.1) is 11.8 Å². The first-order valence-corrected chi connectivity index (χ1v) is 10.9. The Morgan fingerprint density at radius 3 is 2.58 bits per heavy atom. The summed E-state index contributed by atoms with van der Waals surface area (Å²) in [4.78, 5) is 2.63. The van der Waals surface area contributed by atoms with Crippen LogP contribution in [0.4, 0.5) is 0 Å². The summed E-state index contributed by atoms with van der Waals surface area (Å²) in [5.74, 6) is 2.55. The van der Waals surface area contributed by atoms with E-state index < -0.39 is 0 Å². The van der Waals surface area contributed by atoms with Gasteiger partial charge in [0.15, 0.2) is 5.16 Å². The summed E-state index contributed by atoms with van der Waals surface area (Å²) in [5.41, 5.74) is 1.16. The Morgan fingerprint density at radius 2 is 1.88 bits per heavy atom. The van der Waals surface area contributed by atoms with Crippen molar-refractivity contribution in [2.45, 2.75) is 30.8 Å². The van der Waals surface area contributed by atoms with Gasteiger partial charge in [0, 0.05) is 25.3 Å². The maximum absolute atomic E-state index is 5.52. The Kier molecular flexibility index (Phi) is 5.92. The van der Waals surface area contributed by atoms with Crippen LogP contribution in [0.15, 0.2) is 35.5 Å². The smallest absolute Gasteiger partial charge is 0.195 e. The SMILES string of the molecule is CSc1nnc(CC2CCN(C[C@@H]3CCOC3)CC2)n1-c1ccccc1. The van der Waals surface area contributed by atoms with E-state index in [0.717, 1.165) is 42.2 Å². The summed E-state index contributed by atoms with van der Waals surface area (Å²) < 4.78 is 7.75. The fraction of sp³-hybridized carbons (Fsp3) is 0.600. The molecule has 0 spiro atoms. The molecule has 0 aliphatic carbocycles. The first kappa shape index (κ1) is 18.0. The van der Waals surface area contributed by atoms with E-state index in [4.69, 9.17) is 4.74 Å². The number of likely N-dealkylation sites (tertiary alicyclic amines) is 1. The molecule has 3 heterocycles. The number of hydrogen-bond donors (Lipinski definition) is 0. The van der Waals surface area contributed by atoms with Crippen molar-refractivity contribution >= 4 is 11.8 Å². The predicted octanol–water partition coefficient (Wildman–Crippen LogP) is 3.28. The van der Waals surface area contributed by atoms with Crippen LogP contribution in [0.5, 0.6) is 0 Å². The topological polar surface area (TPSA) is 43.2 Å². The third-order valence-corrected chi connectivity index (χ3v) is 6.25. The average molecular weight is 373 g/mol. The summed E-state index contributed by atoms with van der Waals surface area (Å²) in [6, 6.07) is 10.5. The number of piperidine rings is 1. The highest BCUT2D eigenvalue weighted by Crippen LogP contribution is 2.26. The van der Waals surface area contributed by atoms with Crippen LogP contribution in [-0.2, 0) is 11.2 Å². The molecule has 0 bridgehead atoms. The van der Waals surface area contributed by atoms with Crippen LogP contribution in [-0.4, -0.2) is 58.8 Å². The van der Waals surface area contributed by atoms with E-state index in [2.05, 4.69) is 56.3 Å². The lowest BCUT2D eigenvalue weighted by molar-refractivity contribution is 0.140. The molecule has 2 aromatic rings. The second-order valence-corrected chi connectivity index (χ2v) is 8.23. The van der Waals surface area contributed by atoms with E-state index in [1.807, 2.05) is 0 Å². The molecule has 0 N–H and O–H groups in total. The number of nitrogens with zero attached hydrogens (tertiary/aromatic N) is 4. The second-order valence-electron chi connectivity index (χ2n) is 7.45. The minimum atomic E-state index is 0.701. The van der Waals surface area contributed by atoms with E-state index in [9.17, 15) is 0 Å². The highest BCUT2D eigenvalue weighted by molar-refractivity contribution is 7.98. The van der Waals surface area contributed by atoms with Gasteiger partial charge in [-0.05, 0) is 62.6 Å². The molecule has 6 heteroatoms. The standard InChI is InChI=1S/C20H28N4OS/c1-26-20-22-21-19(24(20)18-5-3-2-4-6-18)13-16-7-10-23(11-8-16)14-17-9-12-25-15-17/h2-6,16-17H,7-15H2,1H3/t17-/m0/s1. The number of ether oxygens (including phenoxy) is 1. The molecule has 2 aliphatic rings. The summed E-state index contributed by atoms with van der Waals surface area (Å²) in [6.45, 7) is 5.53. The zero-order chi connectivity index (χ0) is 17.8. The monoisotopic (exact) mass is 372 g/mol. The number of hydrogen-bond acceptors (Lipinski definition) is 5. The fourth-order valence-electron chi connectivity index (χ4n) is 4.12. The maximum Gasteiger partial charge on any atom is 0.195 e. The molecule has 1 aromatic heterocycles. The molecule has 2 aliphatic heterocycles. The maximum atomic E-state index is 5.52. The first-order valence-electron chi connectivity index (χ1n) is 9.67. The van der Waals surface area contributed by atoms with Crippen molar-refractivity contribution in [1.82, 2.24) is 19.7 Å². The van der Waals surface area contributed by atoms with E-state index in [1.54, 1.807) is 11.8 Å². The molecular formula is C20H28N4OS. The van der Waals surface area contributed by atoms with Gasteiger partial charge in [-0.1, -0.05) is 30.0 Å². The molecule has 2 fully saturated rings. The molecule has 0 saturated carbocycles. The Morgan fingerprint density at radius 1 is 1.08 bits per heavy atom. The second kappa shape index (κ2) is 8.55. The largest absolute Gasteiger partial charge is 0.381 e. The van der Waals surface area contributed by atoms with Gasteiger partial charge >= 0.3 is 0 Å². The van der Waals surface area contributed by atoms with Crippen molar-refractivity contribution in [1.29, 1.82) is 0 Å². The minimum Gasteiger partial charge on any atom is -0.381 e. The Labute approximate surface area is 160 Å². The lowest BCUT2D eigenvalue weighted by Crippen LogP contribution is -2.38. The van der Waals surface area contributed by atoms with Crippen molar-refractivity contribution in [2.75, 3.05) is 39.1 Å². The number of rotatable bonds is 6. The van der Waals surface area contributed by atoms with Gasteiger partial charge in [-0.3, -0.25) is 4.57 Å². The fourth-order valence-corrected chi connectivity index (χ4v) is 4.64. The number of thioether (sulfide) groups is 1. The third kappa shape index (κ3) is 4.13. The van der Waals surface area contributed by atoms with E-state index >= 15 is 0 Å². The van der Waals surface area contributed by atoms with E-state index in [-0.39, 0.29) is 0 Å². The predicted molar refractivity (Wildman–Crippen MR) is 105 cm³/mol. The van der Waals surface area contributed by atoms with Crippen LogP contribution >= 0.6 is 11.8 Å². The van der Waals surface area contributed by atoms with Gasteiger partial charge in [0.05, 0.1) is 6.61 Å². The van der Waals surface area contributed by atoms with Crippen LogP contribution in [0.3, 0.4) is 0 Å². The van der Waals surface area contributed by atoms with Crippen molar-refractivity contribution in [3.8, 4) is 5.69 Å².